The van der Waals surface area contributed by atoms with E-state index in [0.717, 1.165) is 26.1 Å². The highest BCUT2D eigenvalue weighted by atomic mass is 16.4. The van der Waals surface area contributed by atoms with Crippen molar-refractivity contribution in [1.29, 1.82) is 5.26 Å². The smallest absolute Gasteiger partial charge is 0.408 e. The van der Waals surface area contributed by atoms with Crippen molar-refractivity contribution < 1.29 is 9.21 Å². The zero-order valence-electron chi connectivity index (χ0n) is 20.8. The van der Waals surface area contributed by atoms with Gasteiger partial charge in [0.05, 0.1) is 11.5 Å². The van der Waals surface area contributed by atoms with E-state index in [0.29, 0.717) is 36.0 Å². The van der Waals surface area contributed by atoms with Gasteiger partial charge in [0.25, 0.3) is 0 Å². The molecule has 2 N–H and O–H groups in total. The Labute approximate surface area is 201 Å². The van der Waals surface area contributed by atoms with Gasteiger partial charge in [-0.25, -0.2) is 4.79 Å². The van der Waals surface area contributed by atoms with Crippen LogP contribution in [0.15, 0.2) is 33.5 Å². The molecule has 1 aromatic carbocycles. The van der Waals surface area contributed by atoms with Crippen LogP contribution in [0.25, 0.3) is 11.0 Å². The van der Waals surface area contributed by atoms with Crippen LogP contribution in [-0.2, 0) is 4.79 Å². The highest BCUT2D eigenvalue weighted by Crippen LogP contribution is 2.27. The number of nitrogens with zero attached hydrogens (tertiary/aromatic N) is 3. The van der Waals surface area contributed by atoms with E-state index in [9.17, 15) is 14.9 Å². The Balaban J connectivity index is 1.77. The number of likely N-dealkylation sites (tertiary alicyclic amines) is 1. The molecule has 1 fully saturated rings. The summed E-state index contributed by atoms with van der Waals surface area (Å²) in [5.74, 6) is -0.664. The molecule has 1 amide bonds. The first-order valence-corrected chi connectivity index (χ1v) is 12.3. The molecule has 2 heterocycles. The third-order valence-electron chi connectivity index (χ3n) is 6.35. The fourth-order valence-corrected chi connectivity index (χ4v) is 4.45. The van der Waals surface area contributed by atoms with Crippen molar-refractivity contribution in [2.75, 3.05) is 25.0 Å². The highest BCUT2D eigenvalue weighted by molar-refractivity contribution is 5.91. The number of benzene rings is 1. The summed E-state index contributed by atoms with van der Waals surface area (Å²) in [6, 6.07) is 8.82. The Bertz CT molecular complexity index is 1070. The number of nitriles is 1. The molecule has 1 aliphatic rings. The maximum atomic E-state index is 13.5. The molecule has 1 aromatic heterocycles. The third kappa shape index (κ3) is 6.80. The lowest BCUT2D eigenvalue weighted by molar-refractivity contribution is -0.124. The number of carbonyl (C=O) groups is 1. The molecule has 0 saturated carbocycles. The van der Waals surface area contributed by atoms with E-state index in [2.05, 4.69) is 54.3 Å². The van der Waals surface area contributed by atoms with Gasteiger partial charge in [0.2, 0.25) is 5.91 Å². The normalized spacial score (nSPS) is 17.1. The van der Waals surface area contributed by atoms with Crippen LogP contribution in [0.2, 0.25) is 0 Å². The second-order valence-electron chi connectivity index (χ2n) is 10.5. The predicted octanol–water partition coefficient (Wildman–Crippen LogP) is 4.07. The summed E-state index contributed by atoms with van der Waals surface area (Å²) < 4.78 is 5.19. The third-order valence-corrected chi connectivity index (χ3v) is 6.35. The zero-order chi connectivity index (χ0) is 24.8. The SMILES string of the molecule is CCCCCN1CCC(C#N)(NC(=O)C(CC(C)(C)C)Nc2nc(=O)oc3ccccc23)CC1. The van der Waals surface area contributed by atoms with Crippen molar-refractivity contribution in [3.63, 3.8) is 0 Å². The van der Waals surface area contributed by atoms with E-state index in [1.807, 2.05) is 6.07 Å². The molecule has 8 heteroatoms. The minimum atomic E-state index is -0.888. The highest BCUT2D eigenvalue weighted by Gasteiger charge is 2.38. The average Bonchev–Trinajstić information content (AvgIpc) is 2.79. The molecule has 0 radical (unpaired) electrons. The summed E-state index contributed by atoms with van der Waals surface area (Å²) >= 11 is 0. The molecule has 8 nitrogen and oxygen atoms in total. The van der Waals surface area contributed by atoms with E-state index < -0.39 is 17.3 Å². The first-order chi connectivity index (χ1) is 16.1. The van der Waals surface area contributed by atoms with Crippen LogP contribution in [0.4, 0.5) is 5.82 Å². The summed E-state index contributed by atoms with van der Waals surface area (Å²) in [5, 5.41) is 16.9. The number of carbonyl (C=O) groups excluding carboxylic acids is 1. The fourth-order valence-electron chi connectivity index (χ4n) is 4.45. The van der Waals surface area contributed by atoms with Crippen molar-refractivity contribution in [3.05, 3.63) is 34.8 Å². The van der Waals surface area contributed by atoms with Crippen molar-refractivity contribution in [3.8, 4) is 6.07 Å². The number of hydrogen-bond acceptors (Lipinski definition) is 7. The van der Waals surface area contributed by atoms with Crippen LogP contribution in [0, 0.1) is 16.7 Å². The van der Waals surface area contributed by atoms with E-state index in [4.69, 9.17) is 4.42 Å². The van der Waals surface area contributed by atoms with E-state index in [1.165, 1.54) is 12.8 Å². The molecular formula is C26H37N5O3. The molecule has 1 unspecified atom stereocenters. The maximum absolute atomic E-state index is 13.5. The first kappa shape index (κ1) is 25.7. The van der Waals surface area contributed by atoms with Gasteiger partial charge in [-0.1, -0.05) is 52.7 Å². The van der Waals surface area contributed by atoms with Crippen LogP contribution in [0.5, 0.6) is 0 Å². The van der Waals surface area contributed by atoms with E-state index in [1.54, 1.807) is 18.2 Å². The monoisotopic (exact) mass is 467 g/mol. The van der Waals surface area contributed by atoms with Crippen LogP contribution in [0.3, 0.4) is 0 Å². The zero-order valence-corrected chi connectivity index (χ0v) is 20.8. The summed E-state index contributed by atoms with van der Waals surface area (Å²) in [6.07, 6.45) is 5.24. The van der Waals surface area contributed by atoms with Gasteiger partial charge >= 0.3 is 5.76 Å². The molecule has 1 aliphatic heterocycles. The minimum absolute atomic E-state index is 0.174. The summed E-state index contributed by atoms with van der Waals surface area (Å²) in [7, 11) is 0. The van der Waals surface area contributed by atoms with Crippen molar-refractivity contribution >= 4 is 22.7 Å². The molecule has 184 valence electrons. The van der Waals surface area contributed by atoms with Crippen LogP contribution in [-0.4, -0.2) is 47.0 Å². The largest absolute Gasteiger partial charge is 0.441 e. The quantitative estimate of drug-likeness (QED) is 0.535. The number of anilines is 1. The Morgan fingerprint density at radius 1 is 1.26 bits per heavy atom. The van der Waals surface area contributed by atoms with Gasteiger partial charge in [-0.2, -0.15) is 10.2 Å². The lowest BCUT2D eigenvalue weighted by atomic mass is 9.85. The van der Waals surface area contributed by atoms with Crippen molar-refractivity contribution in [2.24, 2.45) is 5.41 Å². The lowest BCUT2D eigenvalue weighted by Crippen LogP contribution is -2.57. The van der Waals surface area contributed by atoms with Gasteiger partial charge in [-0.3, -0.25) is 4.79 Å². The number of hydrogen-bond donors (Lipinski definition) is 2. The Morgan fingerprint density at radius 3 is 2.62 bits per heavy atom. The molecule has 2 aromatic rings. The molecule has 1 saturated heterocycles. The van der Waals surface area contributed by atoms with Gasteiger partial charge < -0.3 is 20.0 Å². The summed E-state index contributed by atoms with van der Waals surface area (Å²) in [5.41, 5.74) is -0.655. The Kier molecular flexibility index (Phi) is 8.32. The second kappa shape index (κ2) is 11.0. The lowest BCUT2D eigenvalue weighted by Gasteiger charge is -2.39. The van der Waals surface area contributed by atoms with Gasteiger partial charge in [-0.15, -0.1) is 0 Å². The van der Waals surface area contributed by atoms with Crippen LogP contribution < -0.4 is 16.4 Å². The molecule has 3 rings (SSSR count). The number of aromatic nitrogens is 1. The molecule has 1 atom stereocenters. The second-order valence-corrected chi connectivity index (χ2v) is 10.5. The van der Waals surface area contributed by atoms with E-state index in [-0.39, 0.29) is 11.3 Å². The number of unbranched alkanes of at least 4 members (excludes halogenated alkanes) is 2. The van der Waals surface area contributed by atoms with Gasteiger partial charge in [0, 0.05) is 13.1 Å². The van der Waals surface area contributed by atoms with Crippen LogP contribution in [0.1, 0.15) is 66.2 Å². The summed E-state index contributed by atoms with van der Waals surface area (Å²) in [4.78, 5) is 31.9. The fraction of sp³-hybridized carbons (Fsp3) is 0.615. The van der Waals surface area contributed by atoms with Gasteiger partial charge in [-0.05, 0) is 49.8 Å². The topological polar surface area (TPSA) is 111 Å². The van der Waals surface area contributed by atoms with Gasteiger partial charge in [0.1, 0.15) is 23.0 Å². The van der Waals surface area contributed by atoms with Crippen molar-refractivity contribution in [1.82, 2.24) is 15.2 Å². The number of amides is 1. The molecule has 0 spiro atoms. The molecular weight excluding hydrogens is 430 g/mol. The maximum Gasteiger partial charge on any atom is 0.441 e. The Hall–Kier alpha value is -2.92. The summed E-state index contributed by atoms with van der Waals surface area (Å²) in [6.45, 7) is 11.0. The molecule has 34 heavy (non-hydrogen) atoms. The predicted molar refractivity (Wildman–Crippen MR) is 133 cm³/mol. The molecule has 0 aliphatic carbocycles. The van der Waals surface area contributed by atoms with Gasteiger partial charge in [0.15, 0.2) is 0 Å². The first-order valence-electron chi connectivity index (χ1n) is 12.3. The number of para-hydroxylation sites is 1. The number of rotatable bonds is 9. The standard InChI is InChI=1S/C26H37N5O3/c1-5-6-9-14-31-15-12-26(18-27,13-16-31)30-23(32)20(17-25(2,3)4)28-22-19-10-7-8-11-21(19)34-24(33)29-22/h7-8,10-11,20H,5-6,9,12-17H2,1-4H3,(H,30,32)(H,28,29,33). The molecule has 0 bridgehead atoms. The minimum Gasteiger partial charge on any atom is -0.408 e. The Morgan fingerprint density at radius 2 is 1.97 bits per heavy atom. The number of nitrogens with one attached hydrogen (secondary N) is 2. The van der Waals surface area contributed by atoms with Crippen molar-refractivity contribution in [2.45, 2.75) is 77.8 Å². The number of piperidine rings is 1. The van der Waals surface area contributed by atoms with Crippen LogP contribution >= 0.6 is 0 Å². The van der Waals surface area contributed by atoms with E-state index >= 15 is 0 Å². The number of fused-ring (bicyclic) bond motifs is 1. The average molecular weight is 468 g/mol.